The van der Waals surface area contributed by atoms with E-state index < -0.39 is 0 Å². The van der Waals surface area contributed by atoms with Gasteiger partial charge in [0.25, 0.3) is 0 Å². The zero-order valence-corrected chi connectivity index (χ0v) is 9.61. The molecule has 1 aliphatic heterocycles. The smallest absolute Gasteiger partial charge is 0.0948 e. The standard InChI is InChI=1S/C11H20N4/c1-3-15-9-12-6-11(15)8-14-5-4-13-10(2)7-14/h6,9-10,13H,3-5,7-8H2,1-2H3. The number of aryl methyl sites for hydroxylation is 1. The van der Waals surface area contributed by atoms with Gasteiger partial charge in [0.05, 0.1) is 12.0 Å². The lowest BCUT2D eigenvalue weighted by molar-refractivity contribution is 0.195. The van der Waals surface area contributed by atoms with Crippen molar-refractivity contribution in [2.75, 3.05) is 19.6 Å². The van der Waals surface area contributed by atoms with E-state index in [2.05, 4.69) is 33.6 Å². The lowest BCUT2D eigenvalue weighted by Gasteiger charge is -2.31. The van der Waals surface area contributed by atoms with Crippen molar-refractivity contribution in [1.82, 2.24) is 19.8 Å². The van der Waals surface area contributed by atoms with Crippen LogP contribution in [0.3, 0.4) is 0 Å². The van der Waals surface area contributed by atoms with Crippen molar-refractivity contribution in [2.45, 2.75) is 33.0 Å². The lowest BCUT2D eigenvalue weighted by Crippen LogP contribution is -2.48. The topological polar surface area (TPSA) is 33.1 Å². The summed E-state index contributed by atoms with van der Waals surface area (Å²) in [5.74, 6) is 0. The van der Waals surface area contributed by atoms with Gasteiger partial charge >= 0.3 is 0 Å². The predicted molar refractivity (Wildman–Crippen MR) is 60.6 cm³/mol. The maximum Gasteiger partial charge on any atom is 0.0948 e. The highest BCUT2D eigenvalue weighted by atomic mass is 15.2. The summed E-state index contributed by atoms with van der Waals surface area (Å²) in [6.45, 7) is 9.81. The first-order valence-corrected chi connectivity index (χ1v) is 5.74. The highest BCUT2D eigenvalue weighted by molar-refractivity contribution is 4.98. The van der Waals surface area contributed by atoms with Crippen LogP contribution in [0.4, 0.5) is 0 Å². The minimum absolute atomic E-state index is 0.608. The molecular formula is C11H20N4. The summed E-state index contributed by atoms with van der Waals surface area (Å²) in [6, 6.07) is 0.608. The fraction of sp³-hybridized carbons (Fsp3) is 0.727. The fourth-order valence-corrected chi connectivity index (χ4v) is 2.15. The number of rotatable bonds is 3. The normalized spacial score (nSPS) is 23.2. The zero-order valence-electron chi connectivity index (χ0n) is 9.61. The first-order valence-electron chi connectivity index (χ1n) is 5.74. The van der Waals surface area contributed by atoms with Crippen LogP contribution in [0.15, 0.2) is 12.5 Å². The Morgan fingerprint density at radius 1 is 1.60 bits per heavy atom. The third kappa shape index (κ3) is 2.58. The third-order valence-electron chi connectivity index (χ3n) is 2.98. The molecule has 0 saturated carbocycles. The number of hydrogen-bond donors (Lipinski definition) is 1. The van der Waals surface area contributed by atoms with Gasteiger partial charge in [-0.15, -0.1) is 0 Å². The molecule has 1 fully saturated rings. The number of aromatic nitrogens is 2. The van der Waals surface area contributed by atoms with Gasteiger partial charge in [0.15, 0.2) is 0 Å². The van der Waals surface area contributed by atoms with Crippen molar-refractivity contribution < 1.29 is 0 Å². The first kappa shape index (κ1) is 10.6. The molecule has 1 N–H and O–H groups in total. The Hall–Kier alpha value is -0.870. The molecular weight excluding hydrogens is 188 g/mol. The Balaban J connectivity index is 1.96. The van der Waals surface area contributed by atoms with Gasteiger partial charge in [-0.25, -0.2) is 4.98 Å². The molecule has 2 heterocycles. The quantitative estimate of drug-likeness (QED) is 0.793. The van der Waals surface area contributed by atoms with Gasteiger partial charge in [-0.05, 0) is 13.8 Å². The van der Waals surface area contributed by atoms with E-state index in [9.17, 15) is 0 Å². The van der Waals surface area contributed by atoms with Gasteiger partial charge in [0.1, 0.15) is 0 Å². The summed E-state index contributed by atoms with van der Waals surface area (Å²) in [4.78, 5) is 6.69. The number of nitrogens with zero attached hydrogens (tertiary/aromatic N) is 3. The predicted octanol–water partition coefficient (Wildman–Crippen LogP) is 0.697. The van der Waals surface area contributed by atoms with E-state index >= 15 is 0 Å². The van der Waals surface area contributed by atoms with Gasteiger partial charge in [-0.2, -0.15) is 0 Å². The van der Waals surface area contributed by atoms with Crippen LogP contribution in [0.2, 0.25) is 0 Å². The zero-order chi connectivity index (χ0) is 10.7. The van der Waals surface area contributed by atoms with Crippen LogP contribution in [-0.4, -0.2) is 40.1 Å². The molecule has 1 unspecified atom stereocenters. The highest BCUT2D eigenvalue weighted by Gasteiger charge is 2.16. The molecule has 1 aromatic rings. The van der Waals surface area contributed by atoms with Crippen LogP contribution >= 0.6 is 0 Å². The average Bonchev–Trinajstić information content (AvgIpc) is 2.65. The number of piperazine rings is 1. The second-order valence-corrected chi connectivity index (χ2v) is 4.26. The van der Waals surface area contributed by atoms with Crippen molar-refractivity contribution in [3.05, 3.63) is 18.2 Å². The van der Waals surface area contributed by atoms with Gasteiger partial charge in [-0.3, -0.25) is 4.90 Å². The SMILES string of the molecule is CCn1cncc1CN1CCNC(C)C1. The Kier molecular flexibility index (Phi) is 3.38. The van der Waals surface area contributed by atoms with Gasteiger partial charge in [0.2, 0.25) is 0 Å². The Morgan fingerprint density at radius 2 is 2.47 bits per heavy atom. The number of hydrogen-bond acceptors (Lipinski definition) is 3. The maximum absolute atomic E-state index is 4.20. The molecule has 1 saturated heterocycles. The van der Waals surface area contributed by atoms with Crippen molar-refractivity contribution in [3.8, 4) is 0 Å². The van der Waals surface area contributed by atoms with Crippen LogP contribution in [0.1, 0.15) is 19.5 Å². The van der Waals surface area contributed by atoms with Crippen LogP contribution < -0.4 is 5.32 Å². The van der Waals surface area contributed by atoms with Crippen molar-refractivity contribution in [2.24, 2.45) is 0 Å². The molecule has 1 aliphatic rings. The number of nitrogens with one attached hydrogen (secondary N) is 1. The monoisotopic (exact) mass is 208 g/mol. The molecule has 4 heteroatoms. The van der Waals surface area contributed by atoms with Gasteiger partial charge in [-0.1, -0.05) is 0 Å². The highest BCUT2D eigenvalue weighted by Crippen LogP contribution is 2.07. The van der Waals surface area contributed by atoms with Crippen molar-refractivity contribution in [3.63, 3.8) is 0 Å². The molecule has 0 amide bonds. The lowest BCUT2D eigenvalue weighted by atomic mass is 10.2. The molecule has 0 spiro atoms. The fourth-order valence-electron chi connectivity index (χ4n) is 2.15. The molecule has 0 aromatic carbocycles. The molecule has 15 heavy (non-hydrogen) atoms. The van der Waals surface area contributed by atoms with Gasteiger partial charge in [0, 0.05) is 45.0 Å². The molecule has 4 nitrogen and oxygen atoms in total. The van der Waals surface area contributed by atoms with E-state index in [0.29, 0.717) is 6.04 Å². The summed E-state index contributed by atoms with van der Waals surface area (Å²) in [5, 5.41) is 3.46. The Morgan fingerprint density at radius 3 is 3.20 bits per heavy atom. The van der Waals surface area contributed by atoms with E-state index in [1.807, 2.05) is 12.5 Å². The number of imidazole rings is 1. The largest absolute Gasteiger partial charge is 0.334 e. The molecule has 0 radical (unpaired) electrons. The maximum atomic E-state index is 4.20. The van der Waals surface area contributed by atoms with Crippen LogP contribution in [0.5, 0.6) is 0 Å². The summed E-state index contributed by atoms with van der Waals surface area (Å²) in [7, 11) is 0. The minimum atomic E-state index is 0.608. The average molecular weight is 208 g/mol. The second kappa shape index (κ2) is 4.77. The third-order valence-corrected chi connectivity index (χ3v) is 2.98. The van der Waals surface area contributed by atoms with Crippen molar-refractivity contribution >= 4 is 0 Å². The molecule has 84 valence electrons. The van der Waals surface area contributed by atoms with E-state index in [4.69, 9.17) is 0 Å². The summed E-state index contributed by atoms with van der Waals surface area (Å²) in [6.07, 6.45) is 3.90. The molecule has 0 bridgehead atoms. The molecule has 1 aromatic heterocycles. The molecule has 1 atom stereocenters. The van der Waals surface area contributed by atoms with Crippen molar-refractivity contribution in [1.29, 1.82) is 0 Å². The Labute approximate surface area is 91.3 Å². The molecule has 2 rings (SSSR count). The van der Waals surface area contributed by atoms with Crippen LogP contribution in [0.25, 0.3) is 0 Å². The minimum Gasteiger partial charge on any atom is -0.334 e. The van der Waals surface area contributed by atoms with Crippen LogP contribution in [0, 0.1) is 0 Å². The Bertz CT molecular complexity index is 307. The summed E-state index contributed by atoms with van der Waals surface area (Å²) < 4.78 is 2.21. The van der Waals surface area contributed by atoms with Gasteiger partial charge < -0.3 is 9.88 Å². The van der Waals surface area contributed by atoms with E-state index in [-0.39, 0.29) is 0 Å². The van der Waals surface area contributed by atoms with E-state index in [1.165, 1.54) is 5.69 Å². The van der Waals surface area contributed by atoms with E-state index in [0.717, 1.165) is 32.7 Å². The summed E-state index contributed by atoms with van der Waals surface area (Å²) >= 11 is 0. The van der Waals surface area contributed by atoms with E-state index in [1.54, 1.807) is 0 Å². The second-order valence-electron chi connectivity index (χ2n) is 4.26. The molecule has 0 aliphatic carbocycles. The summed E-state index contributed by atoms with van der Waals surface area (Å²) in [5.41, 5.74) is 1.33. The first-order chi connectivity index (χ1) is 7.29. The van der Waals surface area contributed by atoms with Crippen LogP contribution in [-0.2, 0) is 13.1 Å².